The zero-order valence-corrected chi connectivity index (χ0v) is 13.2. The molecule has 23 heavy (non-hydrogen) atoms. The van der Waals surface area contributed by atoms with E-state index >= 15 is 0 Å². The highest BCUT2D eigenvalue weighted by atomic mass is 79.9. The first kappa shape index (κ1) is 15.2. The molecule has 3 rings (SSSR count). The zero-order valence-electron chi connectivity index (χ0n) is 11.6. The van der Waals surface area contributed by atoms with Gasteiger partial charge in [0.25, 0.3) is 5.91 Å². The van der Waals surface area contributed by atoms with Gasteiger partial charge in [-0.2, -0.15) is 0 Å². The van der Waals surface area contributed by atoms with Crippen molar-refractivity contribution >= 4 is 27.5 Å². The van der Waals surface area contributed by atoms with E-state index in [0.717, 1.165) is 0 Å². The van der Waals surface area contributed by atoms with Crippen LogP contribution in [-0.2, 0) is 0 Å². The van der Waals surface area contributed by atoms with Crippen LogP contribution in [-0.4, -0.2) is 10.9 Å². The molecule has 3 aromatic rings. The quantitative estimate of drug-likeness (QED) is 0.721. The lowest BCUT2D eigenvalue weighted by molar-refractivity contribution is 0.102. The highest BCUT2D eigenvalue weighted by Crippen LogP contribution is 2.21. The lowest BCUT2D eigenvalue weighted by atomic mass is 10.3. The Hall–Kier alpha value is -2.67. The fourth-order valence-corrected chi connectivity index (χ4v) is 2.11. The van der Waals surface area contributed by atoms with Crippen molar-refractivity contribution in [3.63, 3.8) is 0 Å². The number of carbonyl (C=O) groups is 1. The van der Waals surface area contributed by atoms with Crippen molar-refractivity contribution in [2.75, 3.05) is 5.32 Å². The molecule has 1 amide bonds. The Kier molecular flexibility index (Phi) is 4.38. The second-order valence-electron chi connectivity index (χ2n) is 4.53. The number of aromatic nitrogens is 1. The minimum Gasteiger partial charge on any atom is -0.457 e. The third-order valence-corrected chi connectivity index (χ3v) is 3.28. The molecule has 0 aliphatic rings. The first-order valence-corrected chi connectivity index (χ1v) is 7.34. The molecule has 1 N–H and O–H groups in total. The Balaban J connectivity index is 1.65. The summed E-state index contributed by atoms with van der Waals surface area (Å²) in [6, 6.07) is 10.4. The van der Waals surface area contributed by atoms with Gasteiger partial charge in [0.05, 0.1) is 17.4 Å². The van der Waals surface area contributed by atoms with Crippen LogP contribution in [0, 0.1) is 5.82 Å². The third-order valence-electron chi connectivity index (χ3n) is 2.86. The summed E-state index contributed by atoms with van der Waals surface area (Å²) in [6.45, 7) is 0. The number of carbonyl (C=O) groups excluding carboxylic acids is 1. The maximum absolute atomic E-state index is 12.8. The number of amides is 1. The largest absolute Gasteiger partial charge is 0.457 e. The molecule has 2 heterocycles. The van der Waals surface area contributed by atoms with Gasteiger partial charge in [0, 0.05) is 12.1 Å². The normalized spacial score (nSPS) is 10.3. The molecular weight excluding hydrogens is 367 g/mol. The number of halogens is 2. The van der Waals surface area contributed by atoms with Gasteiger partial charge < -0.3 is 14.5 Å². The maximum Gasteiger partial charge on any atom is 0.259 e. The smallest absolute Gasteiger partial charge is 0.259 e. The van der Waals surface area contributed by atoms with Gasteiger partial charge in [-0.3, -0.25) is 4.79 Å². The predicted molar refractivity (Wildman–Crippen MR) is 85.1 cm³/mol. The molecule has 0 saturated heterocycles. The van der Waals surface area contributed by atoms with Crippen LogP contribution in [0.3, 0.4) is 0 Å². The van der Waals surface area contributed by atoms with E-state index in [1.807, 2.05) is 0 Å². The van der Waals surface area contributed by atoms with Crippen LogP contribution in [0.4, 0.5) is 10.1 Å². The summed E-state index contributed by atoms with van der Waals surface area (Å²) in [7, 11) is 0. The van der Waals surface area contributed by atoms with Crippen molar-refractivity contribution in [3.8, 4) is 11.6 Å². The Morgan fingerprint density at radius 2 is 2.00 bits per heavy atom. The van der Waals surface area contributed by atoms with Gasteiger partial charge in [-0.1, -0.05) is 0 Å². The van der Waals surface area contributed by atoms with E-state index in [2.05, 4.69) is 26.2 Å². The SMILES string of the molecule is O=C(Nc1ccc(Oc2ccc(F)cc2)nc1)c1coc(Br)c1. The fourth-order valence-electron chi connectivity index (χ4n) is 1.77. The van der Waals surface area contributed by atoms with E-state index in [-0.39, 0.29) is 11.7 Å². The Morgan fingerprint density at radius 3 is 2.61 bits per heavy atom. The van der Waals surface area contributed by atoms with Crippen molar-refractivity contribution in [3.05, 3.63) is 71.0 Å². The Labute approximate surface area is 139 Å². The molecule has 0 bridgehead atoms. The van der Waals surface area contributed by atoms with Gasteiger partial charge in [0.1, 0.15) is 17.8 Å². The van der Waals surface area contributed by atoms with Crippen LogP contribution < -0.4 is 10.1 Å². The number of hydrogen-bond donors (Lipinski definition) is 1. The second-order valence-corrected chi connectivity index (χ2v) is 5.32. The average Bonchev–Trinajstić information content (AvgIpc) is 2.98. The zero-order chi connectivity index (χ0) is 16.2. The number of benzene rings is 1. The van der Waals surface area contributed by atoms with Crippen molar-refractivity contribution in [1.82, 2.24) is 4.98 Å². The number of hydrogen-bond acceptors (Lipinski definition) is 4. The second kappa shape index (κ2) is 6.62. The summed E-state index contributed by atoms with van der Waals surface area (Å²) in [6.07, 6.45) is 2.81. The molecule has 0 fully saturated rings. The first-order valence-electron chi connectivity index (χ1n) is 6.55. The van der Waals surface area contributed by atoms with E-state index in [4.69, 9.17) is 9.15 Å². The lowest BCUT2D eigenvalue weighted by Crippen LogP contribution is -2.10. The minimum absolute atomic E-state index is 0.312. The van der Waals surface area contributed by atoms with Gasteiger partial charge in [-0.15, -0.1) is 0 Å². The average molecular weight is 377 g/mol. The summed E-state index contributed by atoms with van der Waals surface area (Å²) in [5.74, 6) is 0.155. The number of ether oxygens (including phenoxy) is 1. The van der Waals surface area contributed by atoms with E-state index in [1.165, 1.54) is 36.7 Å². The molecule has 0 aliphatic carbocycles. The van der Waals surface area contributed by atoms with Gasteiger partial charge in [0.2, 0.25) is 5.88 Å². The molecule has 0 saturated carbocycles. The van der Waals surface area contributed by atoms with E-state index in [9.17, 15) is 9.18 Å². The summed E-state index contributed by atoms with van der Waals surface area (Å²) in [5.41, 5.74) is 0.905. The van der Waals surface area contributed by atoms with Gasteiger partial charge in [-0.05, 0) is 46.3 Å². The van der Waals surface area contributed by atoms with Crippen LogP contribution in [0.25, 0.3) is 0 Å². The number of nitrogens with zero attached hydrogens (tertiary/aromatic N) is 1. The fraction of sp³-hybridized carbons (Fsp3) is 0. The molecule has 0 spiro atoms. The maximum atomic E-state index is 12.8. The molecule has 2 aromatic heterocycles. The first-order chi connectivity index (χ1) is 11.1. The molecule has 0 unspecified atom stereocenters. The van der Waals surface area contributed by atoms with Crippen LogP contribution in [0.15, 0.2) is 64.0 Å². The van der Waals surface area contributed by atoms with Crippen molar-refractivity contribution < 1.29 is 18.3 Å². The topological polar surface area (TPSA) is 64.4 Å². The minimum atomic E-state index is -0.339. The lowest BCUT2D eigenvalue weighted by Gasteiger charge is -2.06. The predicted octanol–water partition coefficient (Wildman–Crippen LogP) is 4.62. The van der Waals surface area contributed by atoms with Crippen molar-refractivity contribution in [2.24, 2.45) is 0 Å². The number of pyridine rings is 1. The molecule has 5 nitrogen and oxygen atoms in total. The Bertz CT molecular complexity index is 816. The monoisotopic (exact) mass is 376 g/mol. The summed E-state index contributed by atoms with van der Waals surface area (Å²) in [4.78, 5) is 16.0. The van der Waals surface area contributed by atoms with Crippen molar-refractivity contribution in [2.45, 2.75) is 0 Å². The van der Waals surface area contributed by atoms with E-state index in [1.54, 1.807) is 18.2 Å². The van der Waals surface area contributed by atoms with E-state index < -0.39 is 0 Å². The molecule has 0 aliphatic heterocycles. The summed E-state index contributed by atoms with van der Waals surface area (Å²) < 4.78 is 23.8. The van der Waals surface area contributed by atoms with Crippen molar-refractivity contribution in [1.29, 1.82) is 0 Å². The number of furan rings is 1. The number of rotatable bonds is 4. The molecule has 1 aromatic carbocycles. The Morgan fingerprint density at radius 1 is 1.22 bits per heavy atom. The van der Waals surface area contributed by atoms with Crippen LogP contribution in [0.2, 0.25) is 0 Å². The standard InChI is InChI=1S/C16H10BrFN2O3/c17-14-7-10(9-22-14)16(21)20-12-3-6-15(19-8-12)23-13-4-1-11(18)2-5-13/h1-9H,(H,20,21). The van der Waals surface area contributed by atoms with Gasteiger partial charge >= 0.3 is 0 Å². The van der Waals surface area contributed by atoms with Crippen LogP contribution in [0.5, 0.6) is 11.6 Å². The number of anilines is 1. The molecule has 0 atom stereocenters. The number of nitrogens with one attached hydrogen (secondary N) is 1. The molecule has 0 radical (unpaired) electrons. The molecule has 7 heteroatoms. The summed E-state index contributed by atoms with van der Waals surface area (Å²) >= 11 is 3.13. The third kappa shape index (κ3) is 3.95. The highest BCUT2D eigenvalue weighted by molar-refractivity contribution is 9.10. The highest BCUT2D eigenvalue weighted by Gasteiger charge is 2.10. The van der Waals surface area contributed by atoms with Gasteiger partial charge in [0.15, 0.2) is 4.67 Å². The molecular formula is C16H10BrFN2O3. The van der Waals surface area contributed by atoms with Crippen LogP contribution >= 0.6 is 15.9 Å². The molecule has 116 valence electrons. The van der Waals surface area contributed by atoms with Gasteiger partial charge in [-0.25, -0.2) is 9.37 Å². The van der Waals surface area contributed by atoms with E-state index in [0.29, 0.717) is 27.5 Å². The summed E-state index contributed by atoms with van der Waals surface area (Å²) in [5, 5.41) is 2.68. The van der Waals surface area contributed by atoms with Crippen LogP contribution in [0.1, 0.15) is 10.4 Å².